The number of fused-ring (bicyclic) bond motifs is 4. The van der Waals surface area contributed by atoms with Crippen molar-refractivity contribution in [2.45, 2.75) is 193 Å². The van der Waals surface area contributed by atoms with Gasteiger partial charge in [0.2, 0.25) is 23.1 Å². The smallest absolute Gasteiger partial charge is 0.341 e. The average Bonchev–Trinajstić information content (AvgIpc) is 1.36. The van der Waals surface area contributed by atoms with E-state index in [0.29, 0.717) is 77.1 Å². The van der Waals surface area contributed by atoms with E-state index in [1.807, 2.05) is 219 Å². The molecule has 0 radical (unpaired) electrons. The van der Waals surface area contributed by atoms with Crippen molar-refractivity contribution in [1.29, 1.82) is 0 Å². The number of esters is 3. The number of rotatable bonds is 19. The maximum absolute atomic E-state index is 13.9. The normalized spacial score (nSPS) is 34.0. The topological polar surface area (TPSA) is 199 Å². The van der Waals surface area contributed by atoms with Crippen LogP contribution in [0.25, 0.3) is 43.1 Å². The third-order valence-corrected chi connectivity index (χ3v) is 33.7. The third kappa shape index (κ3) is 16.1. The lowest BCUT2D eigenvalue weighted by Crippen LogP contribution is -2.58. The minimum atomic E-state index is -1.30. The molecule has 19 heteroatoms. The molecule has 0 amide bonds. The SMILES string of the molecule is COc1c(C2(c3ccccc3)OCC(C(=O)OC3(C)C4CC5CC(C4)CC3C5)O2)ccc2ccccc12.COc1c(C2(c3ccccc3)OCC(C(=O)OC34CC5CC(CC(C5)C3)C4)O2)ccc2ccccc12.COc1c(C2(c3ccccc3)OCC(C)(C(=O)OC34CC5CC(CC(C5)C3)C4)O2)ccc2ccccc12.COc1c(C2(c3ccccc3)OCC(C3CCOC3)O2)ccc2ccccc12. The van der Waals surface area contributed by atoms with Crippen LogP contribution >= 0.6 is 0 Å². The number of hydrogen-bond acceptors (Lipinski definition) is 19. The Kier molecular flexibility index (Phi) is 24.0. The van der Waals surface area contributed by atoms with Gasteiger partial charge in [0.25, 0.3) is 0 Å². The van der Waals surface area contributed by atoms with Crippen LogP contribution in [-0.2, 0) is 94.4 Å². The van der Waals surface area contributed by atoms with E-state index < -0.39 is 46.6 Å². The standard InChI is InChI=1S/2C32H34O5.C31H32O5.C24H24O4/c1-30(29(33)36-31-17-21-14-22(18-31)16-23(15-21)19-31)20-35-32(37-30,25-9-4-3-5-10-25)27-13-12-24-8-6-7-11-26(24)28(27)34-2;1-31(24-15-20-14-21(17-24)18-25(31)16-20)37-30(33)28-19-35-32(36-28,23-9-4-3-5-10-23)27-13-12-22-8-6-7-11-26(22)29(27)34-2;1-33-28-25-10-6-5-7-23(25)11-12-26(28)31(24-8-3-2-4-9-24)34-19-27(35-31)29(32)36-30-16-20-13-21(17-30)15-22(14-20)18-30;1-25-23-20-10-6-5-7-17(20)11-12-21(23)24(19-8-3-2-4-9-19)27-16-22(28-24)18-13-14-26-15-18/h3-13,21-23H,14-20H2,1-2H3;3-13,20-21,24-25,28H,14-19H2,1-2H3;2-12,20-22,27H,13-19H2,1H3;2-12,18,22H,13-16H2,1H3. The highest BCUT2D eigenvalue weighted by atomic mass is 16.8. The van der Waals surface area contributed by atoms with E-state index in [9.17, 15) is 14.4 Å². The van der Waals surface area contributed by atoms with Crippen molar-refractivity contribution in [2.24, 2.45) is 65.1 Å². The van der Waals surface area contributed by atoms with Crippen molar-refractivity contribution in [1.82, 2.24) is 0 Å². The van der Waals surface area contributed by atoms with E-state index in [-0.39, 0.29) is 55.0 Å². The largest absolute Gasteiger partial charge is 0.496 e. The summed E-state index contributed by atoms with van der Waals surface area (Å²) in [5.41, 5.74) is 4.28. The summed E-state index contributed by atoms with van der Waals surface area (Å²) in [6.45, 7) is 6.41. The Morgan fingerprint density at radius 2 is 0.630 bits per heavy atom. The van der Waals surface area contributed by atoms with Gasteiger partial charge in [0.15, 0.2) is 17.8 Å². The van der Waals surface area contributed by atoms with Crippen LogP contribution < -0.4 is 18.9 Å². The van der Waals surface area contributed by atoms with Crippen LogP contribution in [0, 0.1) is 65.1 Å². The second-order valence-corrected chi connectivity index (χ2v) is 42.4. The molecule has 29 rings (SSSR count). The first-order valence-electron chi connectivity index (χ1n) is 50.3. The van der Waals surface area contributed by atoms with Gasteiger partial charge in [0.05, 0.1) is 89.8 Å². The number of ether oxygens (including phenoxy) is 16. The molecule has 12 saturated carbocycles. The van der Waals surface area contributed by atoms with E-state index >= 15 is 0 Å². The molecule has 0 spiro atoms. The Labute approximate surface area is 807 Å². The number of carbonyl (C=O) groups excluding carboxylic acids is 3. The molecule has 5 saturated heterocycles. The molecule has 5 aliphatic heterocycles. The van der Waals surface area contributed by atoms with Gasteiger partial charge in [-0.05, 0) is 234 Å². The minimum Gasteiger partial charge on any atom is -0.496 e. The summed E-state index contributed by atoms with van der Waals surface area (Å²) in [5.74, 6) is 4.19. The van der Waals surface area contributed by atoms with Crippen LogP contribution in [0.1, 0.15) is 174 Å². The fourth-order valence-corrected chi connectivity index (χ4v) is 28.2. The highest BCUT2D eigenvalue weighted by molar-refractivity contribution is 5.93. The lowest BCUT2D eigenvalue weighted by molar-refractivity contribution is -0.216. The Morgan fingerprint density at radius 3 is 0.993 bits per heavy atom. The predicted molar refractivity (Wildman–Crippen MR) is 523 cm³/mol. The third-order valence-electron chi connectivity index (χ3n) is 33.7. The maximum atomic E-state index is 13.9. The van der Waals surface area contributed by atoms with E-state index in [0.717, 1.165) is 163 Å². The Morgan fingerprint density at radius 1 is 0.312 bits per heavy atom. The minimum absolute atomic E-state index is 0.00103. The molecule has 138 heavy (non-hydrogen) atoms. The molecule has 0 N–H and O–H groups in total. The van der Waals surface area contributed by atoms with Crippen LogP contribution in [0.2, 0.25) is 0 Å². The molecular weight excluding hydrogens is 1730 g/mol. The van der Waals surface area contributed by atoms with Crippen LogP contribution in [0.15, 0.2) is 267 Å². The first-order chi connectivity index (χ1) is 67.3. The first kappa shape index (κ1) is 90.8. The molecule has 12 aliphatic carbocycles. The van der Waals surface area contributed by atoms with Crippen LogP contribution in [0.5, 0.6) is 23.0 Å². The fourth-order valence-electron chi connectivity index (χ4n) is 28.2. The van der Waals surface area contributed by atoms with Gasteiger partial charge in [0, 0.05) is 56.3 Å². The number of carbonyl (C=O) groups is 3. The zero-order valence-corrected chi connectivity index (χ0v) is 79.7. The maximum Gasteiger partial charge on any atom is 0.341 e. The van der Waals surface area contributed by atoms with E-state index in [1.165, 1.54) is 70.6 Å². The molecule has 9 atom stereocenters. The summed E-state index contributed by atoms with van der Waals surface area (Å²) in [6, 6.07) is 88.4. The number of hydrogen-bond donors (Lipinski definition) is 0. The summed E-state index contributed by atoms with van der Waals surface area (Å²) < 4.78 is 101. The van der Waals surface area contributed by atoms with E-state index in [4.69, 9.17) is 75.8 Å². The van der Waals surface area contributed by atoms with Crippen molar-refractivity contribution in [3.63, 3.8) is 0 Å². The molecule has 12 aromatic rings. The molecule has 5 heterocycles. The van der Waals surface area contributed by atoms with Gasteiger partial charge in [-0.2, -0.15) is 0 Å². The Bertz CT molecular complexity index is 6400. The van der Waals surface area contributed by atoms with Crippen molar-refractivity contribution >= 4 is 61.0 Å². The summed E-state index contributed by atoms with van der Waals surface area (Å²) in [7, 11) is 6.70. The Hall–Kier alpha value is -11.1. The second-order valence-electron chi connectivity index (χ2n) is 42.4. The zero-order valence-electron chi connectivity index (χ0n) is 79.7. The molecule has 714 valence electrons. The highest BCUT2D eigenvalue weighted by Crippen LogP contribution is 2.63. The van der Waals surface area contributed by atoms with Crippen LogP contribution in [-0.4, -0.2) is 127 Å². The van der Waals surface area contributed by atoms with Gasteiger partial charge in [-0.3, -0.25) is 0 Å². The van der Waals surface area contributed by atoms with E-state index in [2.05, 4.69) is 61.5 Å². The second kappa shape index (κ2) is 36.5. The van der Waals surface area contributed by atoms with Crippen LogP contribution in [0.3, 0.4) is 0 Å². The first-order valence-corrected chi connectivity index (χ1v) is 50.3. The molecule has 9 unspecified atom stereocenters. The fraction of sp³-hybridized carbons (Fsp3) is 0.437. The molecule has 17 fully saturated rings. The molecule has 17 aliphatic rings. The van der Waals surface area contributed by atoms with Gasteiger partial charge in [-0.1, -0.05) is 243 Å². The zero-order chi connectivity index (χ0) is 93.8. The Balaban J connectivity index is 0.000000104. The molecule has 0 aromatic heterocycles. The number of benzene rings is 12. The lowest BCUT2D eigenvalue weighted by atomic mass is 9.50. The van der Waals surface area contributed by atoms with Gasteiger partial charge < -0.3 is 75.8 Å². The monoisotopic (exact) mass is 1860 g/mol. The predicted octanol–water partition coefficient (Wildman–Crippen LogP) is 23.1. The summed E-state index contributed by atoms with van der Waals surface area (Å²) in [5, 5.41) is 8.29. The van der Waals surface area contributed by atoms with Gasteiger partial charge in [-0.15, -0.1) is 0 Å². The summed E-state index contributed by atoms with van der Waals surface area (Å²) >= 11 is 0. The van der Waals surface area contributed by atoms with Gasteiger partial charge >= 0.3 is 17.9 Å². The van der Waals surface area contributed by atoms with Crippen molar-refractivity contribution in [3.8, 4) is 23.0 Å². The highest BCUT2D eigenvalue weighted by Gasteiger charge is 2.64. The summed E-state index contributed by atoms with van der Waals surface area (Å²) in [4.78, 5) is 41.2. The van der Waals surface area contributed by atoms with E-state index in [1.54, 1.807) is 28.4 Å². The van der Waals surface area contributed by atoms with Crippen LogP contribution in [0.4, 0.5) is 0 Å². The van der Waals surface area contributed by atoms with Gasteiger partial charge in [0.1, 0.15) is 39.8 Å². The van der Waals surface area contributed by atoms with Crippen molar-refractivity contribution in [2.75, 3.05) is 68.1 Å². The average molecular weight is 1860 g/mol. The molecule has 12 bridgehead atoms. The summed E-state index contributed by atoms with van der Waals surface area (Å²) in [6.07, 6.45) is 19.3. The van der Waals surface area contributed by atoms with Gasteiger partial charge in [-0.25, -0.2) is 14.4 Å². The molecule has 12 aromatic carbocycles. The van der Waals surface area contributed by atoms with Crippen molar-refractivity contribution in [3.05, 3.63) is 311 Å². The quantitative estimate of drug-likeness (QED) is 0.0546. The molecule has 19 nitrogen and oxygen atoms in total. The lowest BCUT2D eigenvalue weighted by Gasteiger charge is -2.59. The number of methoxy groups -OCH3 is 4. The van der Waals surface area contributed by atoms with Crippen molar-refractivity contribution < 1.29 is 90.2 Å². The molecular formula is C119H124O19.